The molecule has 1 saturated heterocycles. The number of halogens is 2. The number of nitrogens with zero attached hydrogens (tertiary/aromatic N) is 1. The van der Waals surface area contributed by atoms with E-state index in [9.17, 15) is 4.79 Å². The number of rotatable bonds is 1. The first-order valence-corrected chi connectivity index (χ1v) is 6.12. The van der Waals surface area contributed by atoms with Crippen molar-refractivity contribution in [1.29, 1.82) is 0 Å². The average molecular weight is 274 g/mol. The highest BCUT2D eigenvalue weighted by atomic mass is 35.5. The Balaban J connectivity index is 2.25. The first-order valence-electron chi connectivity index (χ1n) is 5.37. The van der Waals surface area contributed by atoms with Crippen LogP contribution in [0.5, 0.6) is 0 Å². The summed E-state index contributed by atoms with van der Waals surface area (Å²) in [4.78, 5) is 13.2. The third-order valence-electron chi connectivity index (χ3n) is 3.00. The smallest absolute Gasteiger partial charge is 0.410 e. The molecule has 1 aliphatic rings. The van der Waals surface area contributed by atoms with Gasteiger partial charge in [0.2, 0.25) is 0 Å². The molecule has 0 radical (unpaired) electrons. The summed E-state index contributed by atoms with van der Waals surface area (Å²) in [5, 5.41) is 1.10. The van der Waals surface area contributed by atoms with Gasteiger partial charge in [0.1, 0.15) is 6.10 Å². The Hall–Kier alpha value is -0.930. The zero-order valence-electron chi connectivity index (χ0n) is 9.61. The number of amides is 1. The van der Waals surface area contributed by atoms with Gasteiger partial charge in [0.05, 0.1) is 0 Å². The van der Waals surface area contributed by atoms with Gasteiger partial charge < -0.3 is 9.64 Å². The van der Waals surface area contributed by atoms with Crippen LogP contribution >= 0.6 is 23.2 Å². The fourth-order valence-corrected chi connectivity index (χ4v) is 2.41. The molecule has 17 heavy (non-hydrogen) atoms. The predicted molar refractivity (Wildman–Crippen MR) is 67.5 cm³/mol. The van der Waals surface area contributed by atoms with E-state index in [2.05, 4.69) is 0 Å². The van der Waals surface area contributed by atoms with Crippen molar-refractivity contribution in [2.75, 3.05) is 7.05 Å². The molecule has 0 aliphatic carbocycles. The minimum Gasteiger partial charge on any atom is -0.441 e. The normalized spacial score (nSPS) is 24.7. The number of ether oxygens (including phenoxy) is 1. The van der Waals surface area contributed by atoms with E-state index in [-0.39, 0.29) is 18.2 Å². The number of benzene rings is 1. The zero-order chi connectivity index (χ0) is 12.6. The zero-order valence-corrected chi connectivity index (χ0v) is 11.1. The van der Waals surface area contributed by atoms with E-state index in [0.717, 1.165) is 12.0 Å². The van der Waals surface area contributed by atoms with Gasteiger partial charge >= 0.3 is 6.09 Å². The second-order valence-corrected chi connectivity index (χ2v) is 5.14. The fraction of sp³-hybridized carbons (Fsp3) is 0.417. The number of carbonyl (C=O) groups excluding carboxylic acids is 1. The molecular formula is C12H13Cl2NO2. The van der Waals surface area contributed by atoms with E-state index < -0.39 is 0 Å². The molecule has 0 saturated carbocycles. The second-order valence-electron chi connectivity index (χ2n) is 4.27. The number of hydrogen-bond donors (Lipinski definition) is 0. The molecule has 1 heterocycles. The minimum absolute atomic E-state index is 0.138. The summed E-state index contributed by atoms with van der Waals surface area (Å²) in [6.07, 6.45) is 0.147. The van der Waals surface area contributed by atoms with Crippen LogP contribution in [0.2, 0.25) is 10.0 Å². The lowest BCUT2D eigenvalue weighted by molar-refractivity contribution is 0.0112. The van der Waals surface area contributed by atoms with Crippen LogP contribution in [0.1, 0.15) is 25.0 Å². The molecule has 1 amide bonds. The molecule has 1 aromatic rings. The molecule has 1 fully saturated rings. The highest BCUT2D eigenvalue weighted by molar-refractivity contribution is 6.34. The Morgan fingerprint density at radius 1 is 1.29 bits per heavy atom. The van der Waals surface area contributed by atoms with Crippen molar-refractivity contribution in [3.63, 3.8) is 0 Å². The Morgan fingerprint density at radius 2 is 1.88 bits per heavy atom. The number of hydrogen-bond acceptors (Lipinski definition) is 2. The highest BCUT2D eigenvalue weighted by Gasteiger charge is 2.31. The van der Waals surface area contributed by atoms with Crippen LogP contribution < -0.4 is 0 Å². The maximum atomic E-state index is 11.6. The summed E-state index contributed by atoms with van der Waals surface area (Å²) in [7, 11) is 1.73. The minimum atomic E-state index is -0.315. The predicted octanol–water partition coefficient (Wildman–Crippen LogP) is 3.90. The van der Waals surface area contributed by atoms with Gasteiger partial charge in [-0.25, -0.2) is 4.79 Å². The first kappa shape index (κ1) is 12.5. The van der Waals surface area contributed by atoms with Gasteiger partial charge in [-0.2, -0.15) is 0 Å². The van der Waals surface area contributed by atoms with Gasteiger partial charge in [-0.05, 0) is 30.7 Å². The van der Waals surface area contributed by atoms with E-state index in [1.54, 1.807) is 30.1 Å². The van der Waals surface area contributed by atoms with Crippen molar-refractivity contribution < 1.29 is 9.53 Å². The van der Waals surface area contributed by atoms with E-state index in [1.807, 2.05) is 6.92 Å². The van der Waals surface area contributed by atoms with E-state index in [0.29, 0.717) is 10.0 Å². The maximum absolute atomic E-state index is 11.6. The number of carbonyl (C=O) groups is 1. The molecule has 1 aliphatic heterocycles. The molecular weight excluding hydrogens is 261 g/mol. The molecule has 0 bridgehead atoms. The second kappa shape index (κ2) is 4.75. The first-order chi connectivity index (χ1) is 7.97. The molecule has 0 aromatic heterocycles. The summed E-state index contributed by atoms with van der Waals surface area (Å²) in [5.41, 5.74) is 0.843. The van der Waals surface area contributed by atoms with Crippen LogP contribution in [0, 0.1) is 0 Å². The summed E-state index contributed by atoms with van der Waals surface area (Å²) < 4.78 is 5.33. The Morgan fingerprint density at radius 3 is 2.41 bits per heavy atom. The Bertz CT molecular complexity index is 430. The molecule has 0 spiro atoms. The van der Waals surface area contributed by atoms with Crippen LogP contribution in [-0.2, 0) is 4.74 Å². The van der Waals surface area contributed by atoms with E-state index in [4.69, 9.17) is 27.9 Å². The average Bonchev–Trinajstić information content (AvgIpc) is 2.23. The van der Waals surface area contributed by atoms with Gasteiger partial charge in [0, 0.05) is 29.6 Å². The molecule has 5 heteroatoms. The standard InChI is InChI=1S/C12H13Cl2NO2/c1-7-3-11(17-12(16)15(7)2)8-4-9(13)6-10(14)5-8/h4-7,11H,3H2,1-2H3/t7-,11-/m1/s1. The fourth-order valence-electron chi connectivity index (χ4n) is 1.87. The molecule has 2 atom stereocenters. The molecule has 0 N–H and O–H groups in total. The third kappa shape index (κ3) is 2.67. The van der Waals surface area contributed by atoms with Crippen molar-refractivity contribution in [2.45, 2.75) is 25.5 Å². The highest BCUT2D eigenvalue weighted by Crippen LogP contribution is 2.32. The summed E-state index contributed by atoms with van der Waals surface area (Å²) >= 11 is 11.9. The summed E-state index contributed by atoms with van der Waals surface area (Å²) in [6, 6.07) is 5.36. The summed E-state index contributed by atoms with van der Waals surface area (Å²) in [5.74, 6) is 0. The van der Waals surface area contributed by atoms with Gasteiger partial charge in [-0.15, -0.1) is 0 Å². The van der Waals surface area contributed by atoms with Crippen LogP contribution in [0.3, 0.4) is 0 Å². The molecule has 1 aromatic carbocycles. The lowest BCUT2D eigenvalue weighted by atomic mass is 10.0. The molecule has 2 rings (SSSR count). The van der Waals surface area contributed by atoms with Crippen molar-refractivity contribution >= 4 is 29.3 Å². The van der Waals surface area contributed by atoms with E-state index >= 15 is 0 Å². The van der Waals surface area contributed by atoms with Crippen LogP contribution in [0.4, 0.5) is 4.79 Å². The Kier molecular flexibility index (Phi) is 3.50. The monoisotopic (exact) mass is 273 g/mol. The van der Waals surface area contributed by atoms with Gasteiger partial charge in [0.25, 0.3) is 0 Å². The molecule has 92 valence electrons. The topological polar surface area (TPSA) is 29.5 Å². The maximum Gasteiger partial charge on any atom is 0.410 e. The van der Waals surface area contributed by atoms with Crippen LogP contribution in [-0.4, -0.2) is 24.1 Å². The van der Waals surface area contributed by atoms with Crippen LogP contribution in [0.15, 0.2) is 18.2 Å². The Labute approximate surface area is 110 Å². The summed E-state index contributed by atoms with van der Waals surface area (Å²) in [6.45, 7) is 1.99. The lowest BCUT2D eigenvalue weighted by Gasteiger charge is -2.34. The van der Waals surface area contributed by atoms with Crippen LogP contribution in [0.25, 0.3) is 0 Å². The SMILES string of the molecule is C[C@@H]1C[C@H](c2cc(Cl)cc(Cl)c2)OC(=O)N1C. The van der Waals surface area contributed by atoms with Crippen molar-refractivity contribution in [3.05, 3.63) is 33.8 Å². The van der Waals surface area contributed by atoms with E-state index in [1.165, 1.54) is 0 Å². The van der Waals surface area contributed by atoms with Crippen molar-refractivity contribution in [2.24, 2.45) is 0 Å². The third-order valence-corrected chi connectivity index (χ3v) is 3.44. The molecule has 3 nitrogen and oxygen atoms in total. The van der Waals surface area contributed by atoms with Gasteiger partial charge in [-0.1, -0.05) is 23.2 Å². The molecule has 0 unspecified atom stereocenters. The van der Waals surface area contributed by atoms with Crippen molar-refractivity contribution in [1.82, 2.24) is 4.90 Å². The van der Waals surface area contributed by atoms with Gasteiger partial charge in [0.15, 0.2) is 0 Å². The van der Waals surface area contributed by atoms with Gasteiger partial charge in [-0.3, -0.25) is 0 Å². The van der Waals surface area contributed by atoms with Crippen molar-refractivity contribution in [3.8, 4) is 0 Å². The number of cyclic esters (lactones) is 1. The largest absolute Gasteiger partial charge is 0.441 e. The lowest BCUT2D eigenvalue weighted by Crippen LogP contribution is -2.42. The quantitative estimate of drug-likeness (QED) is 0.777.